The molecular weight excluding hydrogens is 404 g/mol. The van der Waals surface area contributed by atoms with Gasteiger partial charge in [-0.15, -0.1) is 0 Å². The molecule has 1 amide bonds. The molecule has 172 valence electrons. The Kier molecular flexibility index (Phi) is 6.31. The van der Waals surface area contributed by atoms with Crippen molar-refractivity contribution in [3.05, 3.63) is 52.8 Å². The number of nitrogens with one attached hydrogen (secondary N) is 2. The van der Waals surface area contributed by atoms with Crippen molar-refractivity contribution < 1.29 is 14.6 Å². The highest BCUT2D eigenvalue weighted by molar-refractivity contribution is 5.94. The topological polar surface area (TPSA) is 90.5 Å². The van der Waals surface area contributed by atoms with E-state index < -0.39 is 0 Å². The number of fused-ring (bicyclic) bond motifs is 1. The van der Waals surface area contributed by atoms with E-state index in [2.05, 4.69) is 44.7 Å². The highest BCUT2D eigenvalue weighted by atomic mass is 16.5. The molecule has 0 bridgehead atoms. The van der Waals surface area contributed by atoms with Crippen LogP contribution in [0, 0.1) is 0 Å². The van der Waals surface area contributed by atoms with Gasteiger partial charge in [0.1, 0.15) is 0 Å². The minimum absolute atomic E-state index is 0.0887. The van der Waals surface area contributed by atoms with E-state index in [4.69, 9.17) is 4.74 Å². The fourth-order valence-electron chi connectivity index (χ4n) is 5.89. The molecule has 0 radical (unpaired) electrons. The van der Waals surface area contributed by atoms with Crippen molar-refractivity contribution in [2.24, 2.45) is 0 Å². The Morgan fingerprint density at radius 2 is 1.97 bits per heavy atom. The summed E-state index contributed by atoms with van der Waals surface area (Å²) in [7, 11) is 0. The van der Waals surface area contributed by atoms with E-state index in [-0.39, 0.29) is 23.5 Å². The molecule has 1 aliphatic heterocycles. The monoisotopic (exact) mass is 438 g/mol. The summed E-state index contributed by atoms with van der Waals surface area (Å²) in [5, 5.41) is 21.6. The van der Waals surface area contributed by atoms with Gasteiger partial charge in [0.2, 0.25) is 0 Å². The zero-order valence-corrected chi connectivity index (χ0v) is 18.7. The number of benzene rings is 1. The van der Waals surface area contributed by atoms with Gasteiger partial charge in [-0.3, -0.25) is 14.8 Å². The summed E-state index contributed by atoms with van der Waals surface area (Å²) < 4.78 is 5.52. The lowest BCUT2D eigenvalue weighted by atomic mass is 9.74. The third-order valence-electron chi connectivity index (χ3n) is 7.79. The van der Waals surface area contributed by atoms with Gasteiger partial charge in [0.05, 0.1) is 19.3 Å². The van der Waals surface area contributed by atoms with Crippen molar-refractivity contribution >= 4 is 5.91 Å². The SMILES string of the molecule is O=C(NC[C@]1(c2ccccc2)CC[C@H](O)[C@@H](N2CCOCC2)CC1)c1n[nH]c2c1CCC2. The maximum absolute atomic E-state index is 13.1. The maximum atomic E-state index is 13.1. The number of carbonyl (C=O) groups is 1. The molecule has 2 heterocycles. The molecule has 7 heteroatoms. The summed E-state index contributed by atoms with van der Waals surface area (Å²) in [6.45, 7) is 3.77. The van der Waals surface area contributed by atoms with Crippen LogP contribution in [0.5, 0.6) is 0 Å². The van der Waals surface area contributed by atoms with E-state index in [0.717, 1.165) is 82.5 Å². The van der Waals surface area contributed by atoms with Crippen molar-refractivity contribution in [1.29, 1.82) is 0 Å². The Bertz CT molecular complexity index is 925. The summed E-state index contributed by atoms with van der Waals surface area (Å²) in [6, 6.07) is 10.7. The quantitative estimate of drug-likeness (QED) is 0.623. The molecule has 1 saturated heterocycles. The molecule has 2 aromatic rings. The Balaban J connectivity index is 1.35. The minimum atomic E-state index is -0.357. The van der Waals surface area contributed by atoms with Crippen LogP contribution < -0.4 is 5.32 Å². The second-order valence-electron chi connectivity index (χ2n) is 9.57. The first kappa shape index (κ1) is 21.6. The molecule has 3 atom stereocenters. The Morgan fingerprint density at radius 3 is 2.78 bits per heavy atom. The third-order valence-corrected chi connectivity index (χ3v) is 7.79. The number of ether oxygens (including phenoxy) is 1. The van der Waals surface area contributed by atoms with Crippen molar-refractivity contribution in [3.8, 4) is 0 Å². The van der Waals surface area contributed by atoms with Crippen LogP contribution in [-0.2, 0) is 23.0 Å². The molecule has 5 rings (SSSR count). The van der Waals surface area contributed by atoms with Gasteiger partial charge in [0, 0.05) is 42.3 Å². The average Bonchev–Trinajstić information content (AvgIpc) is 3.41. The van der Waals surface area contributed by atoms with Crippen LogP contribution >= 0.6 is 0 Å². The van der Waals surface area contributed by atoms with Crippen molar-refractivity contribution in [1.82, 2.24) is 20.4 Å². The molecule has 2 fully saturated rings. The predicted octanol–water partition coefficient (Wildman–Crippen LogP) is 2.20. The molecule has 7 nitrogen and oxygen atoms in total. The van der Waals surface area contributed by atoms with Gasteiger partial charge in [-0.2, -0.15) is 5.10 Å². The summed E-state index contributed by atoms with van der Waals surface area (Å²) in [4.78, 5) is 15.5. The summed E-state index contributed by atoms with van der Waals surface area (Å²) >= 11 is 0. The largest absolute Gasteiger partial charge is 0.391 e. The van der Waals surface area contributed by atoms with Gasteiger partial charge in [0.15, 0.2) is 5.69 Å². The van der Waals surface area contributed by atoms with Gasteiger partial charge < -0.3 is 15.2 Å². The van der Waals surface area contributed by atoms with E-state index in [1.807, 2.05) is 6.07 Å². The number of aliphatic hydroxyl groups excluding tert-OH is 1. The van der Waals surface area contributed by atoms with Crippen LogP contribution in [0.15, 0.2) is 30.3 Å². The molecule has 1 saturated carbocycles. The highest BCUT2D eigenvalue weighted by Gasteiger charge is 2.40. The Labute approximate surface area is 189 Å². The van der Waals surface area contributed by atoms with Crippen molar-refractivity contribution in [2.45, 2.75) is 62.5 Å². The fourth-order valence-corrected chi connectivity index (χ4v) is 5.89. The second kappa shape index (κ2) is 9.33. The molecule has 3 aliphatic rings. The number of rotatable bonds is 5. The fraction of sp³-hybridized carbons (Fsp3) is 0.600. The van der Waals surface area contributed by atoms with E-state index in [1.54, 1.807) is 0 Å². The molecule has 2 aliphatic carbocycles. The normalized spacial score (nSPS) is 28.8. The van der Waals surface area contributed by atoms with E-state index in [1.165, 1.54) is 5.56 Å². The summed E-state index contributed by atoms with van der Waals surface area (Å²) in [6.07, 6.45) is 6.03. The Morgan fingerprint density at radius 1 is 1.19 bits per heavy atom. The number of aromatic nitrogens is 2. The van der Waals surface area contributed by atoms with Crippen LogP contribution in [0.3, 0.4) is 0 Å². The van der Waals surface area contributed by atoms with E-state index in [9.17, 15) is 9.90 Å². The molecule has 1 aromatic heterocycles. The molecule has 1 aromatic carbocycles. The predicted molar refractivity (Wildman–Crippen MR) is 122 cm³/mol. The zero-order chi connectivity index (χ0) is 22.0. The highest BCUT2D eigenvalue weighted by Crippen LogP contribution is 2.39. The van der Waals surface area contributed by atoms with Crippen LogP contribution in [0.25, 0.3) is 0 Å². The molecule has 32 heavy (non-hydrogen) atoms. The molecule has 0 unspecified atom stereocenters. The van der Waals surface area contributed by atoms with Gasteiger partial charge in [-0.25, -0.2) is 0 Å². The first-order valence-corrected chi connectivity index (χ1v) is 12.1. The maximum Gasteiger partial charge on any atom is 0.272 e. The number of hydrogen-bond acceptors (Lipinski definition) is 5. The van der Waals surface area contributed by atoms with Gasteiger partial charge in [-0.1, -0.05) is 30.3 Å². The lowest BCUT2D eigenvalue weighted by Crippen LogP contribution is -2.48. The number of aryl methyl sites for hydroxylation is 1. The van der Waals surface area contributed by atoms with E-state index >= 15 is 0 Å². The second-order valence-corrected chi connectivity index (χ2v) is 9.57. The van der Waals surface area contributed by atoms with Crippen LogP contribution in [0.4, 0.5) is 0 Å². The smallest absolute Gasteiger partial charge is 0.272 e. The van der Waals surface area contributed by atoms with Crippen LogP contribution in [0.1, 0.15) is 59.4 Å². The van der Waals surface area contributed by atoms with Crippen molar-refractivity contribution in [2.75, 3.05) is 32.8 Å². The number of H-pyrrole nitrogens is 1. The molecular formula is C25H34N4O3. The van der Waals surface area contributed by atoms with Crippen molar-refractivity contribution in [3.63, 3.8) is 0 Å². The summed E-state index contributed by atoms with van der Waals surface area (Å²) in [5.74, 6) is -0.0887. The number of aliphatic hydroxyl groups is 1. The number of aromatic amines is 1. The van der Waals surface area contributed by atoms with Crippen LogP contribution in [-0.4, -0.2) is 71.1 Å². The number of morpholine rings is 1. The lowest BCUT2D eigenvalue weighted by Gasteiger charge is -2.37. The number of nitrogens with zero attached hydrogens (tertiary/aromatic N) is 2. The standard InChI is InChI=1S/C25H34N4O3/c30-22-10-12-25(18-5-2-1-3-6-18,11-9-21(22)29-13-15-32-16-14-29)17-26-24(31)23-19-7-4-8-20(19)27-28-23/h1-3,5-6,21-22,30H,4,7-17H2,(H,26,31)(H,27,28)/t21-,22-,25+/m0/s1. The summed E-state index contributed by atoms with van der Waals surface area (Å²) in [5.41, 5.74) is 3.79. The number of hydrogen-bond donors (Lipinski definition) is 3. The first-order valence-electron chi connectivity index (χ1n) is 12.1. The zero-order valence-electron chi connectivity index (χ0n) is 18.7. The van der Waals surface area contributed by atoms with Gasteiger partial charge >= 0.3 is 0 Å². The number of amides is 1. The number of carbonyl (C=O) groups excluding carboxylic acids is 1. The molecule has 3 N–H and O–H groups in total. The molecule has 0 spiro atoms. The van der Waals surface area contributed by atoms with Gasteiger partial charge in [-0.05, 0) is 50.5 Å². The van der Waals surface area contributed by atoms with Crippen LogP contribution in [0.2, 0.25) is 0 Å². The Hall–Kier alpha value is -2.22. The van der Waals surface area contributed by atoms with E-state index in [0.29, 0.717) is 12.2 Å². The average molecular weight is 439 g/mol. The lowest BCUT2D eigenvalue weighted by molar-refractivity contribution is -0.0236. The van der Waals surface area contributed by atoms with Gasteiger partial charge in [0.25, 0.3) is 5.91 Å². The minimum Gasteiger partial charge on any atom is -0.391 e. The third kappa shape index (κ3) is 4.21. The first-order chi connectivity index (χ1) is 15.7.